The van der Waals surface area contributed by atoms with E-state index in [9.17, 15) is 0 Å². The quantitative estimate of drug-likeness (QED) is 0.550. The molecule has 0 spiro atoms. The molecule has 0 aliphatic rings. The summed E-state index contributed by atoms with van der Waals surface area (Å²) < 4.78 is 5.45. The Morgan fingerprint density at radius 2 is 1.77 bits per heavy atom. The molecule has 3 heteroatoms. The molecule has 0 atom stereocenters. The van der Waals surface area contributed by atoms with Crippen LogP contribution in [0.5, 0.6) is 5.75 Å². The average molecular weight is 180 g/mol. The Bertz CT molecular complexity index is 253. The van der Waals surface area contributed by atoms with Crippen LogP contribution < -0.4 is 16.2 Å². The van der Waals surface area contributed by atoms with Crippen LogP contribution in [0.25, 0.3) is 0 Å². The molecule has 4 N–H and O–H groups in total. The van der Waals surface area contributed by atoms with Gasteiger partial charge in [-0.2, -0.15) is 0 Å². The third-order valence-corrected chi connectivity index (χ3v) is 1.72. The lowest BCUT2D eigenvalue weighted by atomic mass is 10.2. The molecule has 0 aliphatic heterocycles. The van der Waals surface area contributed by atoms with Gasteiger partial charge in [0.05, 0.1) is 6.61 Å². The van der Waals surface area contributed by atoms with Crippen LogP contribution in [0.2, 0.25) is 0 Å². The van der Waals surface area contributed by atoms with E-state index in [2.05, 4.69) is 6.92 Å². The van der Waals surface area contributed by atoms with E-state index in [1.54, 1.807) is 18.2 Å². The SMILES string of the molecule is CCCCOc1cc(N)cc(N)c1. The maximum absolute atomic E-state index is 5.60. The molecule has 1 aromatic carbocycles. The van der Waals surface area contributed by atoms with E-state index in [0.29, 0.717) is 11.4 Å². The zero-order valence-electron chi connectivity index (χ0n) is 7.92. The maximum Gasteiger partial charge on any atom is 0.123 e. The second-order valence-corrected chi connectivity index (χ2v) is 3.04. The van der Waals surface area contributed by atoms with Gasteiger partial charge in [0.25, 0.3) is 0 Å². The van der Waals surface area contributed by atoms with E-state index in [0.717, 1.165) is 25.2 Å². The normalized spacial score (nSPS) is 9.92. The Morgan fingerprint density at radius 1 is 1.15 bits per heavy atom. The predicted molar refractivity (Wildman–Crippen MR) is 55.7 cm³/mol. The lowest BCUT2D eigenvalue weighted by Gasteiger charge is -2.06. The molecule has 3 nitrogen and oxygen atoms in total. The molecule has 0 heterocycles. The molecule has 0 saturated carbocycles. The van der Waals surface area contributed by atoms with E-state index >= 15 is 0 Å². The van der Waals surface area contributed by atoms with Crippen molar-refractivity contribution >= 4 is 11.4 Å². The topological polar surface area (TPSA) is 61.3 Å². The van der Waals surface area contributed by atoms with Crippen LogP contribution in [-0.2, 0) is 0 Å². The number of hydrogen-bond donors (Lipinski definition) is 2. The first-order chi connectivity index (χ1) is 6.22. The van der Waals surface area contributed by atoms with Crippen molar-refractivity contribution in [3.05, 3.63) is 18.2 Å². The molecule has 0 saturated heterocycles. The summed E-state index contributed by atoms with van der Waals surface area (Å²) in [5, 5.41) is 0. The molecule has 0 aliphatic carbocycles. The fourth-order valence-electron chi connectivity index (χ4n) is 1.06. The molecule has 0 radical (unpaired) electrons. The largest absolute Gasteiger partial charge is 0.493 e. The van der Waals surface area contributed by atoms with Crippen LogP contribution in [0.3, 0.4) is 0 Å². The summed E-state index contributed by atoms with van der Waals surface area (Å²) in [4.78, 5) is 0. The van der Waals surface area contributed by atoms with E-state index < -0.39 is 0 Å². The first kappa shape index (κ1) is 9.71. The van der Waals surface area contributed by atoms with E-state index in [1.165, 1.54) is 0 Å². The minimum Gasteiger partial charge on any atom is -0.493 e. The molecule has 0 amide bonds. The van der Waals surface area contributed by atoms with E-state index in [-0.39, 0.29) is 0 Å². The Hall–Kier alpha value is -1.38. The van der Waals surface area contributed by atoms with Crippen molar-refractivity contribution in [1.29, 1.82) is 0 Å². The van der Waals surface area contributed by atoms with Gasteiger partial charge in [0.1, 0.15) is 5.75 Å². The fourth-order valence-corrected chi connectivity index (χ4v) is 1.06. The van der Waals surface area contributed by atoms with Gasteiger partial charge in [-0.05, 0) is 12.5 Å². The van der Waals surface area contributed by atoms with E-state index in [1.807, 2.05) is 0 Å². The Balaban J connectivity index is 2.56. The first-order valence-electron chi connectivity index (χ1n) is 4.51. The third-order valence-electron chi connectivity index (χ3n) is 1.72. The Morgan fingerprint density at radius 3 is 2.31 bits per heavy atom. The van der Waals surface area contributed by atoms with Gasteiger partial charge in [-0.25, -0.2) is 0 Å². The number of rotatable bonds is 4. The zero-order chi connectivity index (χ0) is 9.68. The summed E-state index contributed by atoms with van der Waals surface area (Å²) in [6.07, 6.45) is 2.17. The van der Waals surface area contributed by atoms with Gasteiger partial charge >= 0.3 is 0 Å². The molecule has 0 aromatic heterocycles. The van der Waals surface area contributed by atoms with Crippen molar-refractivity contribution in [2.45, 2.75) is 19.8 Å². The molecule has 0 bridgehead atoms. The highest BCUT2D eigenvalue weighted by atomic mass is 16.5. The zero-order valence-corrected chi connectivity index (χ0v) is 7.92. The van der Waals surface area contributed by atoms with Crippen LogP contribution in [0.4, 0.5) is 11.4 Å². The number of unbranched alkanes of at least 4 members (excludes halogenated alkanes) is 1. The highest BCUT2D eigenvalue weighted by Gasteiger charge is 1.96. The van der Waals surface area contributed by atoms with Crippen molar-refractivity contribution in [3.8, 4) is 5.75 Å². The van der Waals surface area contributed by atoms with Crippen molar-refractivity contribution < 1.29 is 4.74 Å². The van der Waals surface area contributed by atoms with Gasteiger partial charge in [-0.1, -0.05) is 13.3 Å². The molecule has 13 heavy (non-hydrogen) atoms. The molecule has 0 unspecified atom stereocenters. The number of benzene rings is 1. The molecule has 72 valence electrons. The summed E-state index contributed by atoms with van der Waals surface area (Å²) in [6.45, 7) is 2.84. The lowest BCUT2D eigenvalue weighted by molar-refractivity contribution is 0.310. The van der Waals surface area contributed by atoms with Crippen molar-refractivity contribution in [3.63, 3.8) is 0 Å². The summed E-state index contributed by atoms with van der Waals surface area (Å²) >= 11 is 0. The van der Waals surface area contributed by atoms with Gasteiger partial charge in [-0.15, -0.1) is 0 Å². The van der Waals surface area contributed by atoms with Crippen LogP contribution in [0, 0.1) is 0 Å². The van der Waals surface area contributed by atoms with Crippen molar-refractivity contribution in [1.82, 2.24) is 0 Å². The highest BCUT2D eigenvalue weighted by Crippen LogP contribution is 2.20. The first-order valence-corrected chi connectivity index (χ1v) is 4.51. The summed E-state index contributed by atoms with van der Waals surface area (Å²) in [6, 6.07) is 5.28. The van der Waals surface area contributed by atoms with Gasteiger partial charge in [0.15, 0.2) is 0 Å². The average Bonchev–Trinajstić information content (AvgIpc) is 2.03. The Labute approximate surface area is 78.7 Å². The number of nitrogens with two attached hydrogens (primary N) is 2. The van der Waals surface area contributed by atoms with Gasteiger partial charge < -0.3 is 16.2 Å². The summed E-state index contributed by atoms with van der Waals surface area (Å²) in [5.74, 6) is 0.756. The molecule has 1 aromatic rings. The smallest absolute Gasteiger partial charge is 0.123 e. The van der Waals surface area contributed by atoms with Crippen molar-refractivity contribution in [2.24, 2.45) is 0 Å². The standard InChI is InChI=1S/C10H16N2O/c1-2-3-4-13-10-6-8(11)5-9(12)7-10/h5-7H,2-4,11-12H2,1H3. The number of nitrogen functional groups attached to an aromatic ring is 2. The lowest BCUT2D eigenvalue weighted by Crippen LogP contribution is -1.98. The third kappa shape index (κ3) is 3.23. The van der Waals surface area contributed by atoms with Crippen LogP contribution in [-0.4, -0.2) is 6.61 Å². The van der Waals surface area contributed by atoms with Crippen LogP contribution in [0.1, 0.15) is 19.8 Å². The molecular formula is C10H16N2O. The van der Waals surface area contributed by atoms with Crippen molar-refractivity contribution in [2.75, 3.05) is 18.1 Å². The molecule has 0 fully saturated rings. The van der Waals surface area contributed by atoms with E-state index in [4.69, 9.17) is 16.2 Å². The second kappa shape index (κ2) is 4.60. The minimum atomic E-state index is 0.645. The highest BCUT2D eigenvalue weighted by molar-refractivity contribution is 5.56. The number of anilines is 2. The molecular weight excluding hydrogens is 164 g/mol. The fraction of sp³-hybridized carbons (Fsp3) is 0.400. The molecule has 1 rings (SSSR count). The summed E-state index contributed by atoms with van der Waals surface area (Å²) in [7, 11) is 0. The predicted octanol–water partition coefficient (Wildman–Crippen LogP) is 2.03. The van der Waals surface area contributed by atoms with Gasteiger partial charge in [0.2, 0.25) is 0 Å². The maximum atomic E-state index is 5.60. The monoisotopic (exact) mass is 180 g/mol. The number of hydrogen-bond acceptors (Lipinski definition) is 3. The Kier molecular flexibility index (Phi) is 3.43. The second-order valence-electron chi connectivity index (χ2n) is 3.04. The van der Waals surface area contributed by atoms with Gasteiger partial charge in [0, 0.05) is 23.5 Å². The van der Waals surface area contributed by atoms with Crippen LogP contribution >= 0.6 is 0 Å². The minimum absolute atomic E-state index is 0.645. The summed E-state index contributed by atoms with van der Waals surface area (Å²) in [5.41, 5.74) is 12.5. The van der Waals surface area contributed by atoms with Crippen LogP contribution in [0.15, 0.2) is 18.2 Å². The van der Waals surface area contributed by atoms with Gasteiger partial charge in [-0.3, -0.25) is 0 Å². The number of ether oxygens (including phenoxy) is 1.